The van der Waals surface area contributed by atoms with Crippen LogP contribution in [0.5, 0.6) is 5.75 Å². The molecular formula is C17H25BrN2O. The lowest BCUT2D eigenvalue weighted by molar-refractivity contribution is 0.301. The van der Waals surface area contributed by atoms with E-state index in [1.54, 1.807) is 0 Å². The van der Waals surface area contributed by atoms with Crippen molar-refractivity contribution in [3.8, 4) is 5.75 Å². The number of hydrogen-bond donors (Lipinski definition) is 1. The van der Waals surface area contributed by atoms with Crippen LogP contribution in [0.3, 0.4) is 0 Å². The van der Waals surface area contributed by atoms with Gasteiger partial charge in [0.25, 0.3) is 0 Å². The highest BCUT2D eigenvalue weighted by Gasteiger charge is 2.24. The van der Waals surface area contributed by atoms with Gasteiger partial charge in [-0.3, -0.25) is 4.90 Å². The lowest BCUT2D eigenvalue weighted by atomic mass is 10.1. The first-order valence-electron chi connectivity index (χ1n) is 8.13. The Morgan fingerprint density at radius 2 is 2.33 bits per heavy atom. The van der Waals surface area contributed by atoms with Crippen molar-refractivity contribution in [1.29, 1.82) is 0 Å². The molecule has 0 bridgehead atoms. The minimum atomic E-state index is 0.803. The van der Waals surface area contributed by atoms with Crippen LogP contribution in [0.1, 0.15) is 30.9 Å². The largest absolute Gasteiger partial charge is 0.493 e. The van der Waals surface area contributed by atoms with E-state index < -0.39 is 0 Å². The first kappa shape index (κ1) is 15.3. The van der Waals surface area contributed by atoms with Gasteiger partial charge in [-0.1, -0.05) is 22.9 Å². The van der Waals surface area contributed by atoms with Crippen LogP contribution < -0.4 is 10.1 Å². The standard InChI is InChI=1S/C17H25BrN2O/c1-2-5-19-10-13-3-6-20(11-13)12-15-9-16(18)8-14-4-7-21-17(14)15/h8-9,13,19H,2-7,10-12H2,1H3. The molecule has 1 saturated heterocycles. The van der Waals surface area contributed by atoms with Gasteiger partial charge in [0, 0.05) is 29.5 Å². The number of fused-ring (bicyclic) bond motifs is 1. The van der Waals surface area contributed by atoms with Gasteiger partial charge in [0.1, 0.15) is 5.75 Å². The summed E-state index contributed by atoms with van der Waals surface area (Å²) in [6, 6.07) is 4.43. The van der Waals surface area contributed by atoms with Crippen LogP contribution in [0, 0.1) is 5.92 Å². The Hall–Kier alpha value is -0.580. The van der Waals surface area contributed by atoms with Crippen LogP contribution >= 0.6 is 15.9 Å². The first-order chi connectivity index (χ1) is 10.3. The minimum Gasteiger partial charge on any atom is -0.493 e. The lowest BCUT2D eigenvalue weighted by Gasteiger charge is -2.18. The molecule has 0 radical (unpaired) electrons. The van der Waals surface area contributed by atoms with Gasteiger partial charge in [0.2, 0.25) is 0 Å². The van der Waals surface area contributed by atoms with Gasteiger partial charge in [-0.2, -0.15) is 0 Å². The van der Waals surface area contributed by atoms with E-state index in [0.29, 0.717) is 0 Å². The van der Waals surface area contributed by atoms with Crippen molar-refractivity contribution < 1.29 is 4.74 Å². The highest BCUT2D eigenvalue weighted by molar-refractivity contribution is 9.10. The summed E-state index contributed by atoms with van der Waals surface area (Å²) < 4.78 is 7.02. The van der Waals surface area contributed by atoms with Crippen LogP contribution in [0.25, 0.3) is 0 Å². The van der Waals surface area contributed by atoms with Gasteiger partial charge < -0.3 is 10.1 Å². The molecule has 21 heavy (non-hydrogen) atoms. The topological polar surface area (TPSA) is 24.5 Å². The van der Waals surface area contributed by atoms with Gasteiger partial charge in [-0.05, 0) is 56.1 Å². The Labute approximate surface area is 136 Å². The molecule has 1 unspecified atom stereocenters. The molecule has 0 saturated carbocycles. The number of halogens is 1. The van der Waals surface area contributed by atoms with Crippen LogP contribution in [0.2, 0.25) is 0 Å². The molecule has 4 heteroatoms. The molecule has 3 rings (SSSR count). The molecule has 1 atom stereocenters. The molecule has 1 fully saturated rings. The Kier molecular flexibility index (Phi) is 5.19. The molecule has 1 N–H and O–H groups in total. The molecule has 2 aliphatic rings. The lowest BCUT2D eigenvalue weighted by Crippen LogP contribution is -2.26. The molecule has 3 nitrogen and oxygen atoms in total. The van der Waals surface area contributed by atoms with Crippen molar-refractivity contribution in [3.63, 3.8) is 0 Å². The fourth-order valence-corrected chi connectivity index (χ4v) is 3.96. The maximum Gasteiger partial charge on any atom is 0.127 e. The maximum atomic E-state index is 5.84. The fraction of sp³-hybridized carbons (Fsp3) is 0.647. The van der Waals surface area contributed by atoms with Crippen LogP contribution in [0.15, 0.2) is 16.6 Å². The smallest absolute Gasteiger partial charge is 0.127 e. The average molecular weight is 353 g/mol. The van der Waals surface area contributed by atoms with E-state index in [1.807, 2.05) is 0 Å². The quantitative estimate of drug-likeness (QED) is 0.795. The third kappa shape index (κ3) is 3.79. The van der Waals surface area contributed by atoms with Crippen molar-refractivity contribution >= 4 is 15.9 Å². The summed E-state index contributed by atoms with van der Waals surface area (Å²) in [5, 5.41) is 3.55. The average Bonchev–Trinajstić information content (AvgIpc) is 3.08. The molecule has 1 aromatic carbocycles. The van der Waals surface area contributed by atoms with Gasteiger partial charge in [0.05, 0.1) is 6.61 Å². The Morgan fingerprint density at radius 3 is 3.19 bits per heavy atom. The Balaban J connectivity index is 1.58. The Bertz CT molecular complexity index is 492. The normalized spacial score (nSPS) is 21.5. The van der Waals surface area contributed by atoms with E-state index >= 15 is 0 Å². The number of likely N-dealkylation sites (tertiary alicyclic amines) is 1. The maximum absolute atomic E-state index is 5.84. The predicted molar refractivity (Wildman–Crippen MR) is 89.9 cm³/mol. The van der Waals surface area contributed by atoms with E-state index in [1.165, 1.54) is 41.5 Å². The second-order valence-electron chi connectivity index (χ2n) is 6.25. The summed E-state index contributed by atoms with van der Waals surface area (Å²) >= 11 is 3.64. The van der Waals surface area contributed by atoms with Gasteiger partial charge in [-0.25, -0.2) is 0 Å². The number of hydrogen-bond acceptors (Lipinski definition) is 3. The first-order valence-corrected chi connectivity index (χ1v) is 8.92. The summed E-state index contributed by atoms with van der Waals surface area (Å²) in [7, 11) is 0. The summed E-state index contributed by atoms with van der Waals surface area (Å²) in [5.74, 6) is 1.95. The predicted octanol–water partition coefficient (Wildman–Crippen LogP) is 3.21. The molecule has 0 aromatic heterocycles. The molecule has 2 aliphatic heterocycles. The number of nitrogens with zero attached hydrogens (tertiary/aromatic N) is 1. The Morgan fingerprint density at radius 1 is 1.43 bits per heavy atom. The minimum absolute atomic E-state index is 0.803. The highest BCUT2D eigenvalue weighted by Crippen LogP contribution is 2.34. The van der Waals surface area contributed by atoms with Gasteiger partial charge in [-0.15, -0.1) is 0 Å². The zero-order valence-electron chi connectivity index (χ0n) is 12.8. The third-order valence-corrected chi connectivity index (χ3v) is 4.91. The van der Waals surface area contributed by atoms with Crippen molar-refractivity contribution in [2.24, 2.45) is 5.92 Å². The summed E-state index contributed by atoms with van der Waals surface area (Å²) in [6.45, 7) is 8.80. The molecule has 2 heterocycles. The van der Waals surface area contributed by atoms with E-state index in [4.69, 9.17) is 4.74 Å². The number of rotatable bonds is 6. The second-order valence-corrected chi connectivity index (χ2v) is 7.16. The fourth-order valence-electron chi connectivity index (χ4n) is 3.41. The monoisotopic (exact) mass is 352 g/mol. The number of benzene rings is 1. The zero-order valence-corrected chi connectivity index (χ0v) is 14.4. The van der Waals surface area contributed by atoms with E-state index in [9.17, 15) is 0 Å². The number of ether oxygens (including phenoxy) is 1. The van der Waals surface area contributed by atoms with E-state index in [2.05, 4.69) is 45.2 Å². The summed E-state index contributed by atoms with van der Waals surface area (Å²) in [6.07, 6.45) is 3.58. The number of nitrogens with one attached hydrogen (secondary N) is 1. The summed E-state index contributed by atoms with van der Waals surface area (Å²) in [4.78, 5) is 2.57. The molecule has 0 spiro atoms. The van der Waals surface area contributed by atoms with Crippen molar-refractivity contribution in [2.75, 3.05) is 32.8 Å². The SMILES string of the molecule is CCCNCC1CCN(Cc2cc(Br)cc3c2OCC3)C1. The van der Waals surface area contributed by atoms with E-state index in [0.717, 1.165) is 44.3 Å². The molecule has 0 amide bonds. The molecule has 0 aliphatic carbocycles. The van der Waals surface area contributed by atoms with Crippen LogP contribution in [-0.2, 0) is 13.0 Å². The van der Waals surface area contributed by atoms with Crippen molar-refractivity contribution in [3.05, 3.63) is 27.7 Å². The third-order valence-electron chi connectivity index (χ3n) is 4.45. The van der Waals surface area contributed by atoms with Crippen LogP contribution in [-0.4, -0.2) is 37.7 Å². The van der Waals surface area contributed by atoms with Gasteiger partial charge in [0.15, 0.2) is 0 Å². The van der Waals surface area contributed by atoms with Crippen molar-refractivity contribution in [2.45, 2.75) is 32.7 Å². The summed E-state index contributed by atoms with van der Waals surface area (Å²) in [5.41, 5.74) is 2.71. The van der Waals surface area contributed by atoms with E-state index in [-0.39, 0.29) is 0 Å². The molecular weight excluding hydrogens is 328 g/mol. The second kappa shape index (κ2) is 7.12. The highest BCUT2D eigenvalue weighted by atomic mass is 79.9. The van der Waals surface area contributed by atoms with Gasteiger partial charge >= 0.3 is 0 Å². The molecule has 116 valence electrons. The van der Waals surface area contributed by atoms with Crippen LogP contribution in [0.4, 0.5) is 0 Å². The molecule has 1 aromatic rings. The van der Waals surface area contributed by atoms with Crippen molar-refractivity contribution in [1.82, 2.24) is 10.2 Å². The zero-order chi connectivity index (χ0) is 14.7.